The van der Waals surface area contributed by atoms with Crippen molar-refractivity contribution in [3.8, 4) is 0 Å². The first-order valence-electron chi connectivity index (χ1n) is 9.30. The fourth-order valence-corrected chi connectivity index (χ4v) is 5.24. The Morgan fingerprint density at radius 1 is 1.21 bits per heavy atom. The van der Waals surface area contributed by atoms with Gasteiger partial charge in [0, 0.05) is 16.9 Å². The number of nitrogens with zero attached hydrogens (tertiary/aromatic N) is 2. The molecule has 0 bridgehead atoms. The Morgan fingerprint density at radius 3 is 2.82 bits per heavy atom. The Kier molecular flexibility index (Phi) is 5.42. The molecule has 4 nitrogen and oxygen atoms in total. The van der Waals surface area contributed by atoms with Gasteiger partial charge in [0.15, 0.2) is 5.16 Å². The number of imidazole rings is 1. The van der Waals surface area contributed by atoms with E-state index in [2.05, 4.69) is 60.2 Å². The van der Waals surface area contributed by atoms with Crippen molar-refractivity contribution in [2.24, 2.45) is 0 Å². The zero-order valence-electron chi connectivity index (χ0n) is 15.9. The van der Waals surface area contributed by atoms with Crippen LogP contribution in [0.1, 0.15) is 29.5 Å². The molecule has 4 rings (SSSR count). The van der Waals surface area contributed by atoms with Gasteiger partial charge in [0.2, 0.25) is 0 Å². The van der Waals surface area contributed by atoms with Crippen molar-refractivity contribution in [3.63, 3.8) is 0 Å². The second-order valence-corrected chi connectivity index (χ2v) is 8.98. The summed E-state index contributed by atoms with van der Waals surface area (Å²) in [6, 6.07) is 12.9. The normalized spacial score (nSPS) is 11.5. The number of hydrogen-bond acceptors (Lipinski definition) is 4. The van der Waals surface area contributed by atoms with Gasteiger partial charge in [-0.1, -0.05) is 30.0 Å². The Hall–Kier alpha value is -2.31. The first-order chi connectivity index (χ1) is 13.5. The standard InChI is InChI=1S/C22H22N2O2S2/c1-14-10-18-19(11-15(14)2)24(22(23-18)27-9-5-8-21(25)26)12-16-13-28-20-7-4-3-6-17(16)20/h3-4,6-7,10-11,13H,5,8-9,12H2,1-2H3,(H,25,26). The Balaban J connectivity index is 1.72. The lowest BCUT2D eigenvalue weighted by Gasteiger charge is -2.09. The minimum atomic E-state index is -0.745. The van der Waals surface area contributed by atoms with Crippen LogP contribution in [0.3, 0.4) is 0 Å². The minimum Gasteiger partial charge on any atom is -0.481 e. The summed E-state index contributed by atoms with van der Waals surface area (Å²) in [6.07, 6.45) is 0.837. The van der Waals surface area contributed by atoms with Crippen LogP contribution in [0.4, 0.5) is 0 Å². The van der Waals surface area contributed by atoms with E-state index < -0.39 is 5.97 Å². The molecule has 0 aliphatic rings. The van der Waals surface area contributed by atoms with Crippen LogP contribution in [0.15, 0.2) is 46.9 Å². The number of thioether (sulfide) groups is 1. The molecular formula is C22H22N2O2S2. The van der Waals surface area contributed by atoms with Crippen molar-refractivity contribution in [2.75, 3.05) is 5.75 Å². The van der Waals surface area contributed by atoms with Crippen LogP contribution in [0.5, 0.6) is 0 Å². The van der Waals surface area contributed by atoms with Crippen molar-refractivity contribution < 1.29 is 9.90 Å². The molecule has 0 atom stereocenters. The van der Waals surface area contributed by atoms with Gasteiger partial charge in [0.1, 0.15) is 0 Å². The van der Waals surface area contributed by atoms with Crippen LogP contribution >= 0.6 is 23.1 Å². The molecule has 28 heavy (non-hydrogen) atoms. The van der Waals surface area contributed by atoms with Gasteiger partial charge in [-0.05, 0) is 65.9 Å². The maximum absolute atomic E-state index is 10.8. The van der Waals surface area contributed by atoms with Crippen molar-refractivity contribution in [2.45, 2.75) is 38.4 Å². The number of rotatable bonds is 7. The number of aromatic nitrogens is 2. The summed E-state index contributed by atoms with van der Waals surface area (Å²) >= 11 is 3.42. The average molecular weight is 411 g/mol. The minimum absolute atomic E-state index is 0.195. The molecule has 2 heterocycles. The molecule has 0 aliphatic carbocycles. The summed E-state index contributed by atoms with van der Waals surface area (Å²) in [7, 11) is 0. The van der Waals surface area contributed by atoms with E-state index in [9.17, 15) is 4.79 Å². The number of thiophene rings is 1. The third-order valence-corrected chi connectivity index (χ3v) is 7.06. The highest BCUT2D eigenvalue weighted by Crippen LogP contribution is 2.31. The molecule has 0 fully saturated rings. The molecule has 0 radical (unpaired) electrons. The summed E-state index contributed by atoms with van der Waals surface area (Å²) in [6.45, 7) is 5.01. The van der Waals surface area contributed by atoms with E-state index in [4.69, 9.17) is 10.1 Å². The summed E-state index contributed by atoms with van der Waals surface area (Å²) in [5.41, 5.74) is 5.93. The molecule has 0 aliphatic heterocycles. The second kappa shape index (κ2) is 7.97. The van der Waals surface area contributed by atoms with E-state index in [1.165, 1.54) is 26.8 Å². The molecule has 0 saturated heterocycles. The number of fused-ring (bicyclic) bond motifs is 2. The van der Waals surface area contributed by atoms with Crippen LogP contribution in [0.2, 0.25) is 0 Å². The van der Waals surface area contributed by atoms with Crippen molar-refractivity contribution in [1.82, 2.24) is 9.55 Å². The molecule has 6 heteroatoms. The van der Waals surface area contributed by atoms with E-state index in [0.29, 0.717) is 6.42 Å². The molecule has 0 spiro atoms. The lowest BCUT2D eigenvalue weighted by atomic mass is 10.1. The van der Waals surface area contributed by atoms with Gasteiger partial charge < -0.3 is 9.67 Å². The monoisotopic (exact) mass is 410 g/mol. The Bertz CT molecular complexity index is 1160. The zero-order valence-corrected chi connectivity index (χ0v) is 17.6. The third kappa shape index (κ3) is 3.80. The van der Waals surface area contributed by atoms with Gasteiger partial charge >= 0.3 is 5.97 Å². The SMILES string of the molecule is Cc1cc2nc(SCCCC(=O)O)n(Cc3csc4ccccc34)c2cc1C. The van der Waals surface area contributed by atoms with Crippen LogP contribution in [0, 0.1) is 13.8 Å². The molecule has 2 aromatic heterocycles. The number of carboxylic acids is 1. The van der Waals surface area contributed by atoms with Gasteiger partial charge in [-0.15, -0.1) is 11.3 Å². The highest BCUT2D eigenvalue weighted by molar-refractivity contribution is 7.99. The van der Waals surface area contributed by atoms with Crippen LogP contribution < -0.4 is 0 Å². The van der Waals surface area contributed by atoms with Crippen molar-refractivity contribution in [1.29, 1.82) is 0 Å². The summed E-state index contributed by atoms with van der Waals surface area (Å²) < 4.78 is 3.58. The summed E-state index contributed by atoms with van der Waals surface area (Å²) in [5.74, 6) is 0.00270. The number of aryl methyl sites for hydroxylation is 2. The molecule has 1 N–H and O–H groups in total. The topological polar surface area (TPSA) is 55.1 Å². The maximum atomic E-state index is 10.8. The quantitative estimate of drug-likeness (QED) is 0.306. The second-order valence-electron chi connectivity index (χ2n) is 7.01. The summed E-state index contributed by atoms with van der Waals surface area (Å²) in [5, 5.41) is 13.4. The van der Waals surface area contributed by atoms with E-state index >= 15 is 0 Å². The average Bonchev–Trinajstić information content (AvgIpc) is 3.22. The zero-order chi connectivity index (χ0) is 19.7. The molecule has 4 aromatic rings. The predicted octanol–water partition coefficient (Wildman–Crippen LogP) is 5.87. The fraction of sp³-hybridized carbons (Fsp3) is 0.273. The van der Waals surface area contributed by atoms with Crippen molar-refractivity contribution in [3.05, 3.63) is 58.5 Å². The first-order valence-corrected chi connectivity index (χ1v) is 11.2. The maximum Gasteiger partial charge on any atom is 0.303 e. The van der Waals surface area contributed by atoms with E-state index in [-0.39, 0.29) is 6.42 Å². The number of benzene rings is 2. The van der Waals surface area contributed by atoms with Crippen LogP contribution in [-0.4, -0.2) is 26.4 Å². The third-order valence-electron chi connectivity index (χ3n) is 4.98. The van der Waals surface area contributed by atoms with Crippen LogP contribution in [0.25, 0.3) is 21.1 Å². The molecular weight excluding hydrogens is 388 g/mol. The van der Waals surface area contributed by atoms with E-state index in [0.717, 1.165) is 28.5 Å². The molecule has 144 valence electrons. The number of aliphatic carboxylic acids is 1. The number of hydrogen-bond donors (Lipinski definition) is 1. The van der Waals surface area contributed by atoms with E-state index in [1.807, 2.05) is 0 Å². The highest BCUT2D eigenvalue weighted by Gasteiger charge is 2.15. The smallest absolute Gasteiger partial charge is 0.303 e. The molecule has 0 saturated carbocycles. The lowest BCUT2D eigenvalue weighted by molar-refractivity contribution is -0.137. The molecule has 2 aromatic carbocycles. The van der Waals surface area contributed by atoms with Gasteiger partial charge in [-0.25, -0.2) is 4.98 Å². The van der Waals surface area contributed by atoms with Crippen molar-refractivity contribution >= 4 is 50.2 Å². The first kappa shape index (κ1) is 19.0. The van der Waals surface area contributed by atoms with Crippen LogP contribution in [-0.2, 0) is 11.3 Å². The van der Waals surface area contributed by atoms with E-state index in [1.54, 1.807) is 23.1 Å². The molecule has 0 unspecified atom stereocenters. The molecule has 0 amide bonds. The summed E-state index contributed by atoms with van der Waals surface area (Å²) in [4.78, 5) is 15.7. The van der Waals surface area contributed by atoms with Gasteiger partial charge in [0.25, 0.3) is 0 Å². The van der Waals surface area contributed by atoms with Gasteiger partial charge in [-0.3, -0.25) is 4.79 Å². The lowest BCUT2D eigenvalue weighted by Crippen LogP contribution is -2.02. The fourth-order valence-electron chi connectivity index (χ4n) is 3.33. The Morgan fingerprint density at radius 2 is 2.00 bits per heavy atom. The van der Waals surface area contributed by atoms with Gasteiger partial charge in [0.05, 0.1) is 17.6 Å². The number of carboxylic acid groups (broad SMARTS) is 1. The number of carbonyl (C=O) groups is 1. The predicted molar refractivity (Wildman–Crippen MR) is 118 cm³/mol. The highest BCUT2D eigenvalue weighted by atomic mass is 32.2. The largest absolute Gasteiger partial charge is 0.481 e. The Labute approximate surface area is 172 Å². The van der Waals surface area contributed by atoms with Gasteiger partial charge in [-0.2, -0.15) is 0 Å².